The topological polar surface area (TPSA) is 152 Å². The molecule has 1 aliphatic rings. The number of nitro groups is 1. The molecule has 2 aromatic carbocycles. The van der Waals surface area contributed by atoms with Crippen LogP contribution in [0.5, 0.6) is 5.75 Å². The van der Waals surface area contributed by atoms with E-state index in [0.29, 0.717) is 22.5 Å². The molecule has 0 amide bonds. The fourth-order valence-electron chi connectivity index (χ4n) is 4.60. The third kappa shape index (κ3) is 4.95. The van der Waals surface area contributed by atoms with Crippen molar-refractivity contribution < 1.29 is 32.7 Å². The van der Waals surface area contributed by atoms with Gasteiger partial charge in [0.25, 0.3) is 15.7 Å². The molecule has 3 aromatic rings. The van der Waals surface area contributed by atoms with Gasteiger partial charge in [-0.05, 0) is 43.5 Å². The Morgan fingerprint density at radius 1 is 1.27 bits per heavy atom. The van der Waals surface area contributed by atoms with E-state index >= 15 is 0 Å². The van der Waals surface area contributed by atoms with Crippen molar-refractivity contribution in [2.75, 3.05) is 26.9 Å². The fraction of sp³-hybridized carbons (Fsp3) is 0.320. The second kappa shape index (κ2) is 10.7. The summed E-state index contributed by atoms with van der Waals surface area (Å²) < 4.78 is 39.4. The van der Waals surface area contributed by atoms with E-state index in [0.717, 1.165) is 15.8 Å². The Bertz CT molecular complexity index is 1480. The van der Waals surface area contributed by atoms with Crippen molar-refractivity contribution >= 4 is 32.6 Å². The van der Waals surface area contributed by atoms with E-state index in [1.807, 2.05) is 6.07 Å². The summed E-state index contributed by atoms with van der Waals surface area (Å²) in [5.41, 5.74) is 1.49. The minimum absolute atomic E-state index is 0.108. The zero-order valence-electron chi connectivity index (χ0n) is 20.3. The molecule has 0 bridgehead atoms. The first-order valence-corrected chi connectivity index (χ1v) is 13.1. The van der Waals surface area contributed by atoms with Gasteiger partial charge in [0.15, 0.2) is 4.90 Å². The minimum Gasteiger partial charge on any atom is -0.497 e. The number of carbonyl (C=O) groups excluding carboxylic acids is 1. The lowest BCUT2D eigenvalue weighted by Crippen LogP contribution is -2.40. The van der Waals surface area contributed by atoms with Crippen molar-refractivity contribution in [3.63, 3.8) is 0 Å². The molecule has 12 heteroatoms. The van der Waals surface area contributed by atoms with E-state index in [1.165, 1.54) is 25.3 Å². The number of sulfonamides is 1. The molecule has 1 aromatic heterocycles. The lowest BCUT2D eigenvalue weighted by atomic mass is 9.97. The number of benzene rings is 2. The number of methoxy groups -OCH3 is 1. The van der Waals surface area contributed by atoms with E-state index in [9.17, 15) is 28.4 Å². The van der Waals surface area contributed by atoms with Gasteiger partial charge < -0.3 is 19.6 Å². The van der Waals surface area contributed by atoms with Crippen LogP contribution in [0.1, 0.15) is 30.6 Å². The van der Waals surface area contributed by atoms with Crippen molar-refractivity contribution in [1.29, 1.82) is 0 Å². The second-order valence-corrected chi connectivity index (χ2v) is 10.2. The molecular formula is C25H27N3O8S. The SMILES string of the molecule is CCOC(=O)C1=CCC(c2[nH]c3cc(OC)ccc3c2CCO)N(S(=O)(=O)c2ccccc2[N+](=O)[O-])C1. The quantitative estimate of drug-likeness (QED) is 0.243. The number of fused-ring (bicyclic) bond motifs is 1. The Labute approximate surface area is 213 Å². The summed E-state index contributed by atoms with van der Waals surface area (Å²) in [6.07, 6.45) is 1.98. The van der Waals surface area contributed by atoms with Crippen molar-refractivity contribution in [2.45, 2.75) is 30.7 Å². The summed E-state index contributed by atoms with van der Waals surface area (Å²) in [7, 11) is -2.93. The maximum Gasteiger partial charge on any atom is 0.335 e. The molecule has 0 saturated heterocycles. The molecule has 0 saturated carbocycles. The van der Waals surface area contributed by atoms with E-state index in [1.54, 1.807) is 25.1 Å². The number of esters is 1. The Morgan fingerprint density at radius 3 is 2.70 bits per heavy atom. The summed E-state index contributed by atoms with van der Waals surface area (Å²) in [6.45, 7) is 1.24. The van der Waals surface area contributed by atoms with Crippen molar-refractivity contribution in [2.24, 2.45) is 0 Å². The highest BCUT2D eigenvalue weighted by atomic mass is 32.2. The van der Waals surface area contributed by atoms with Crippen molar-refractivity contribution in [3.8, 4) is 5.75 Å². The first-order chi connectivity index (χ1) is 17.7. The maximum absolute atomic E-state index is 14.0. The van der Waals surface area contributed by atoms with Crippen LogP contribution >= 0.6 is 0 Å². The number of aliphatic hydroxyl groups excluding tert-OH is 1. The molecule has 1 unspecified atom stereocenters. The lowest BCUT2D eigenvalue weighted by molar-refractivity contribution is -0.387. The molecule has 0 spiro atoms. The van der Waals surface area contributed by atoms with E-state index in [2.05, 4.69) is 4.98 Å². The first-order valence-electron chi connectivity index (χ1n) is 11.6. The fourth-order valence-corrected chi connectivity index (χ4v) is 6.35. The number of hydrogen-bond donors (Lipinski definition) is 2. The number of ether oxygens (including phenoxy) is 2. The number of hydrogen-bond acceptors (Lipinski definition) is 8. The van der Waals surface area contributed by atoms with Crippen LogP contribution in [0.25, 0.3) is 10.9 Å². The van der Waals surface area contributed by atoms with Crippen LogP contribution in [0, 0.1) is 10.1 Å². The van der Waals surface area contributed by atoms with E-state index in [-0.39, 0.29) is 38.2 Å². The van der Waals surface area contributed by atoms with Gasteiger partial charge >= 0.3 is 5.97 Å². The number of para-hydroxylation sites is 1. The molecule has 2 heterocycles. The van der Waals surface area contributed by atoms with Crippen LogP contribution < -0.4 is 4.74 Å². The van der Waals surface area contributed by atoms with Gasteiger partial charge in [0.05, 0.1) is 24.7 Å². The number of H-pyrrole nitrogens is 1. The van der Waals surface area contributed by atoms with Crippen LogP contribution in [0.3, 0.4) is 0 Å². The summed E-state index contributed by atoms with van der Waals surface area (Å²) in [4.78, 5) is 26.3. The van der Waals surface area contributed by atoms with Gasteiger partial charge in [0.1, 0.15) is 5.75 Å². The number of nitrogens with one attached hydrogen (secondary N) is 1. The number of carbonyl (C=O) groups is 1. The molecule has 4 rings (SSSR count). The highest BCUT2D eigenvalue weighted by Gasteiger charge is 2.41. The molecule has 2 N–H and O–H groups in total. The van der Waals surface area contributed by atoms with Gasteiger partial charge in [-0.15, -0.1) is 0 Å². The van der Waals surface area contributed by atoms with Crippen LogP contribution in [-0.2, 0) is 26.0 Å². The number of nitrogens with zero attached hydrogens (tertiary/aromatic N) is 2. The van der Waals surface area contributed by atoms with Crippen LogP contribution in [0.15, 0.2) is 59.0 Å². The van der Waals surface area contributed by atoms with E-state index in [4.69, 9.17) is 9.47 Å². The maximum atomic E-state index is 14.0. The number of nitro benzene ring substituents is 1. The monoisotopic (exact) mass is 529 g/mol. The van der Waals surface area contributed by atoms with Gasteiger partial charge in [-0.25, -0.2) is 13.2 Å². The Kier molecular flexibility index (Phi) is 7.62. The second-order valence-electron chi connectivity index (χ2n) is 8.38. The van der Waals surface area contributed by atoms with Gasteiger partial charge in [-0.2, -0.15) is 4.31 Å². The lowest BCUT2D eigenvalue weighted by Gasteiger charge is -2.34. The van der Waals surface area contributed by atoms with Crippen molar-refractivity contribution in [1.82, 2.24) is 9.29 Å². The number of aliphatic hydroxyl groups is 1. The summed E-state index contributed by atoms with van der Waals surface area (Å²) in [6, 6.07) is 9.63. The van der Waals surface area contributed by atoms with Crippen LogP contribution in [0.4, 0.5) is 5.69 Å². The highest BCUT2D eigenvalue weighted by Crippen LogP contribution is 2.40. The Hall–Kier alpha value is -3.74. The van der Waals surface area contributed by atoms with Gasteiger partial charge in [0.2, 0.25) is 0 Å². The van der Waals surface area contributed by atoms with Crippen LogP contribution in [-0.4, -0.2) is 60.6 Å². The van der Waals surface area contributed by atoms with Gasteiger partial charge in [0, 0.05) is 47.5 Å². The largest absolute Gasteiger partial charge is 0.497 e. The predicted molar refractivity (Wildman–Crippen MR) is 135 cm³/mol. The van der Waals surface area contributed by atoms with E-state index < -0.39 is 37.5 Å². The Balaban J connectivity index is 1.91. The molecule has 11 nitrogen and oxygen atoms in total. The third-order valence-corrected chi connectivity index (χ3v) is 8.19. The summed E-state index contributed by atoms with van der Waals surface area (Å²) >= 11 is 0. The molecule has 1 atom stereocenters. The standard InChI is InChI=1S/C25H27N3O8S/c1-3-36-25(30)16-8-11-22(24-19(12-13-29)18-10-9-17(35-2)14-20(18)26-24)27(15-16)37(33,34)23-7-5-4-6-21(23)28(31)32/h4-10,14,22,26,29H,3,11-13,15H2,1-2H3. The molecule has 0 radical (unpaired) electrons. The van der Waals surface area contributed by atoms with Gasteiger partial charge in [-0.3, -0.25) is 10.1 Å². The Morgan fingerprint density at radius 2 is 2.03 bits per heavy atom. The average molecular weight is 530 g/mol. The minimum atomic E-state index is -4.46. The molecule has 0 fully saturated rings. The zero-order valence-corrected chi connectivity index (χ0v) is 21.2. The molecule has 1 aliphatic heterocycles. The third-order valence-electron chi connectivity index (χ3n) is 6.29. The summed E-state index contributed by atoms with van der Waals surface area (Å²) in [5.74, 6) is -0.0611. The molecular weight excluding hydrogens is 502 g/mol. The predicted octanol–water partition coefficient (Wildman–Crippen LogP) is 3.24. The molecule has 37 heavy (non-hydrogen) atoms. The smallest absolute Gasteiger partial charge is 0.335 e. The molecule has 0 aliphatic carbocycles. The number of aromatic nitrogens is 1. The summed E-state index contributed by atoms with van der Waals surface area (Å²) in [5, 5.41) is 22.2. The average Bonchev–Trinajstić information content (AvgIpc) is 3.26. The first kappa shape index (κ1) is 26.3. The number of rotatable bonds is 9. The van der Waals surface area contributed by atoms with Gasteiger partial charge in [-0.1, -0.05) is 18.2 Å². The van der Waals surface area contributed by atoms with Crippen molar-refractivity contribution in [3.05, 3.63) is 75.5 Å². The number of aromatic amines is 1. The highest BCUT2D eigenvalue weighted by molar-refractivity contribution is 7.89. The molecule has 196 valence electrons. The normalized spacial score (nSPS) is 16.4. The zero-order chi connectivity index (χ0) is 26.7. The van der Waals surface area contributed by atoms with Crippen LogP contribution in [0.2, 0.25) is 0 Å².